The second-order valence-corrected chi connectivity index (χ2v) is 8.98. The van der Waals surface area contributed by atoms with Gasteiger partial charge in [0.2, 0.25) is 0 Å². The Labute approximate surface area is 141 Å². The van der Waals surface area contributed by atoms with Gasteiger partial charge in [0.15, 0.2) is 0 Å². The van der Waals surface area contributed by atoms with Crippen molar-refractivity contribution in [2.45, 2.75) is 31.1 Å². The van der Waals surface area contributed by atoms with Gasteiger partial charge in [0.25, 0.3) is 15.0 Å². The lowest BCUT2D eigenvalue weighted by atomic mass is 10.0. The molecule has 1 N–H and O–H groups in total. The van der Waals surface area contributed by atoms with Crippen LogP contribution in [-0.2, 0) is 9.05 Å². The number of hydrogen-bond donors (Lipinski definition) is 1. The van der Waals surface area contributed by atoms with Crippen molar-refractivity contribution >= 4 is 53.2 Å². The van der Waals surface area contributed by atoms with E-state index < -0.39 is 9.05 Å². The molecule has 0 saturated heterocycles. The fourth-order valence-electron chi connectivity index (χ4n) is 2.07. The number of rotatable bonds is 5. The molecule has 8 heteroatoms. The van der Waals surface area contributed by atoms with E-state index in [0.29, 0.717) is 6.54 Å². The molecule has 0 atom stereocenters. The number of halogens is 3. The van der Waals surface area contributed by atoms with E-state index in [9.17, 15) is 13.2 Å². The fourth-order valence-corrected chi connectivity index (χ4v) is 4.45. The number of carbonyl (C=O) groups is 1. The molecule has 0 aromatic heterocycles. The van der Waals surface area contributed by atoms with Crippen molar-refractivity contribution in [3.05, 3.63) is 27.2 Å². The second kappa shape index (κ2) is 6.07. The van der Waals surface area contributed by atoms with E-state index in [1.165, 1.54) is 12.1 Å². The highest BCUT2D eigenvalue weighted by atomic mass is 79.9. The van der Waals surface area contributed by atoms with Gasteiger partial charge in [0, 0.05) is 22.8 Å². The van der Waals surface area contributed by atoms with Crippen molar-refractivity contribution in [3.63, 3.8) is 0 Å². The summed E-state index contributed by atoms with van der Waals surface area (Å²) in [5.74, 6) is -0.356. The summed E-state index contributed by atoms with van der Waals surface area (Å²) in [6.07, 6.45) is 3.22. The minimum absolute atomic E-state index is 0.124. The van der Waals surface area contributed by atoms with Crippen LogP contribution in [0.4, 0.5) is 0 Å². The first-order valence-electron chi connectivity index (χ1n) is 6.40. The highest BCUT2D eigenvalue weighted by Gasteiger charge is 2.40. The maximum atomic E-state index is 12.2. The molecule has 1 aliphatic rings. The first-order chi connectivity index (χ1) is 9.68. The van der Waals surface area contributed by atoms with E-state index >= 15 is 0 Å². The molecule has 1 aromatic carbocycles. The Morgan fingerprint density at radius 1 is 1.43 bits per heavy atom. The van der Waals surface area contributed by atoms with Crippen LogP contribution in [0.2, 0.25) is 5.02 Å². The quantitative estimate of drug-likeness (QED) is 0.741. The zero-order valence-corrected chi connectivity index (χ0v) is 15.2. The van der Waals surface area contributed by atoms with Crippen LogP contribution in [0.5, 0.6) is 0 Å². The third-order valence-electron chi connectivity index (χ3n) is 3.85. The SMILES string of the molecule is CCC1(CNC(=O)c2cc(Cl)c(Br)c(S(=O)(=O)Cl)c2)CC1. The topological polar surface area (TPSA) is 63.2 Å². The average Bonchev–Trinajstić information content (AvgIpc) is 3.18. The Balaban J connectivity index is 2.24. The van der Waals surface area contributed by atoms with Gasteiger partial charge < -0.3 is 5.32 Å². The van der Waals surface area contributed by atoms with Gasteiger partial charge >= 0.3 is 0 Å². The van der Waals surface area contributed by atoms with Gasteiger partial charge in [-0.25, -0.2) is 8.42 Å². The summed E-state index contributed by atoms with van der Waals surface area (Å²) in [7, 11) is 1.36. The van der Waals surface area contributed by atoms with Crippen LogP contribution in [0.25, 0.3) is 0 Å². The van der Waals surface area contributed by atoms with E-state index in [1.807, 2.05) is 0 Å². The molecule has 0 radical (unpaired) electrons. The van der Waals surface area contributed by atoms with Gasteiger partial charge in [0.1, 0.15) is 0 Å². The molecule has 0 bridgehead atoms. The summed E-state index contributed by atoms with van der Waals surface area (Å²) in [5, 5.41) is 2.95. The summed E-state index contributed by atoms with van der Waals surface area (Å²) in [6.45, 7) is 2.67. The predicted octanol–water partition coefficient (Wildman–Crippen LogP) is 3.95. The first-order valence-corrected chi connectivity index (χ1v) is 9.88. The van der Waals surface area contributed by atoms with Gasteiger partial charge in [-0.1, -0.05) is 18.5 Å². The van der Waals surface area contributed by atoms with Gasteiger partial charge in [0.05, 0.1) is 14.4 Å². The van der Waals surface area contributed by atoms with E-state index in [1.54, 1.807) is 0 Å². The molecule has 0 spiro atoms. The Morgan fingerprint density at radius 2 is 2.05 bits per heavy atom. The zero-order valence-electron chi connectivity index (χ0n) is 11.3. The Bertz CT molecular complexity index is 687. The van der Waals surface area contributed by atoms with Crippen molar-refractivity contribution < 1.29 is 13.2 Å². The number of carbonyl (C=O) groups excluding carboxylic acids is 1. The van der Waals surface area contributed by atoms with Gasteiger partial charge in [-0.15, -0.1) is 0 Å². The van der Waals surface area contributed by atoms with Crippen molar-refractivity contribution in [1.29, 1.82) is 0 Å². The standard InChI is InChI=1S/C13H14BrCl2NO3S/c1-2-13(3-4-13)7-17-12(18)8-5-9(15)11(14)10(6-8)21(16,19)20/h5-6H,2-4,7H2,1H3,(H,17,18). The van der Waals surface area contributed by atoms with Crippen LogP contribution in [0.3, 0.4) is 0 Å². The second-order valence-electron chi connectivity index (χ2n) is 5.24. The molecule has 1 aromatic rings. The molecular formula is C13H14BrCl2NO3S. The van der Waals surface area contributed by atoms with Crippen LogP contribution < -0.4 is 5.32 Å². The molecular weight excluding hydrogens is 401 g/mol. The molecule has 0 unspecified atom stereocenters. The number of benzene rings is 1. The number of amides is 1. The highest BCUT2D eigenvalue weighted by Crippen LogP contribution is 2.47. The number of nitrogens with one attached hydrogen (secondary N) is 1. The Morgan fingerprint density at radius 3 is 2.52 bits per heavy atom. The molecule has 21 heavy (non-hydrogen) atoms. The van der Waals surface area contributed by atoms with Crippen LogP contribution in [0.1, 0.15) is 36.5 Å². The largest absolute Gasteiger partial charge is 0.351 e. The molecule has 0 heterocycles. The van der Waals surface area contributed by atoms with Crippen molar-refractivity contribution in [2.75, 3.05) is 6.54 Å². The molecule has 1 fully saturated rings. The van der Waals surface area contributed by atoms with Gasteiger partial charge in [-0.3, -0.25) is 4.79 Å². The number of hydrogen-bond acceptors (Lipinski definition) is 3. The molecule has 1 saturated carbocycles. The molecule has 1 amide bonds. The van der Waals surface area contributed by atoms with Crippen LogP contribution in [0, 0.1) is 5.41 Å². The normalized spacial score (nSPS) is 16.6. The van der Waals surface area contributed by atoms with E-state index in [2.05, 4.69) is 28.2 Å². The third-order valence-corrected chi connectivity index (χ3v) is 6.84. The lowest BCUT2D eigenvalue weighted by Gasteiger charge is -2.14. The average molecular weight is 415 g/mol. The molecule has 4 nitrogen and oxygen atoms in total. The molecule has 1 aliphatic carbocycles. The van der Waals surface area contributed by atoms with Gasteiger partial charge in [-0.05, 0) is 52.7 Å². The lowest BCUT2D eigenvalue weighted by Crippen LogP contribution is -2.30. The Hall–Kier alpha value is -0.300. The summed E-state index contributed by atoms with van der Waals surface area (Å²) in [6, 6.07) is 2.64. The minimum atomic E-state index is -3.99. The molecule has 0 aliphatic heterocycles. The first kappa shape index (κ1) is 17.1. The van der Waals surface area contributed by atoms with Crippen molar-refractivity contribution in [1.82, 2.24) is 5.32 Å². The summed E-state index contributed by atoms with van der Waals surface area (Å²) < 4.78 is 23.2. The van der Waals surface area contributed by atoms with Crippen molar-refractivity contribution in [2.24, 2.45) is 5.41 Å². The monoisotopic (exact) mass is 413 g/mol. The van der Waals surface area contributed by atoms with E-state index in [0.717, 1.165) is 19.3 Å². The maximum Gasteiger partial charge on any atom is 0.262 e. The van der Waals surface area contributed by atoms with Crippen LogP contribution >= 0.6 is 38.2 Å². The minimum Gasteiger partial charge on any atom is -0.351 e. The summed E-state index contributed by atoms with van der Waals surface area (Å²) in [5.41, 5.74) is 0.380. The molecule has 2 rings (SSSR count). The van der Waals surface area contributed by atoms with E-state index in [-0.39, 0.29) is 31.3 Å². The summed E-state index contributed by atoms with van der Waals surface area (Å²) >= 11 is 9.01. The smallest absolute Gasteiger partial charge is 0.262 e. The zero-order chi connectivity index (χ0) is 15.8. The fraction of sp³-hybridized carbons (Fsp3) is 0.462. The molecule has 116 valence electrons. The van der Waals surface area contributed by atoms with Crippen LogP contribution in [-0.4, -0.2) is 20.9 Å². The third kappa shape index (κ3) is 3.92. The highest BCUT2D eigenvalue weighted by molar-refractivity contribution is 9.10. The lowest BCUT2D eigenvalue weighted by molar-refractivity contribution is 0.0944. The van der Waals surface area contributed by atoms with Crippen molar-refractivity contribution in [3.8, 4) is 0 Å². The maximum absolute atomic E-state index is 12.2. The summed E-state index contributed by atoms with van der Waals surface area (Å²) in [4.78, 5) is 11.9. The van der Waals surface area contributed by atoms with Gasteiger partial charge in [-0.2, -0.15) is 0 Å². The Kier molecular flexibility index (Phi) is 4.93. The van der Waals surface area contributed by atoms with Crippen LogP contribution in [0.15, 0.2) is 21.5 Å². The predicted molar refractivity (Wildman–Crippen MR) is 86.5 cm³/mol. The van der Waals surface area contributed by atoms with E-state index in [4.69, 9.17) is 22.3 Å².